The second-order valence-corrected chi connectivity index (χ2v) is 6.17. The minimum absolute atomic E-state index is 0.209. The van der Waals surface area contributed by atoms with E-state index in [-0.39, 0.29) is 5.56 Å². The number of benzene rings is 3. The van der Waals surface area contributed by atoms with Crippen molar-refractivity contribution >= 4 is 16.7 Å². The average Bonchev–Trinajstić information content (AvgIpc) is 2.64. The fourth-order valence-electron chi connectivity index (χ4n) is 2.97. The number of unbranched alkanes of at least 4 members (excludes halogenated alkanes) is 1. The fraction of sp³-hybridized carbons (Fsp3) is 0.227. The Morgan fingerprint density at radius 1 is 1.04 bits per heavy atom. The lowest BCUT2D eigenvalue weighted by Crippen LogP contribution is -2.04. The van der Waals surface area contributed by atoms with Crippen molar-refractivity contribution in [3.8, 4) is 5.75 Å². The second kappa shape index (κ2) is 7.84. The zero-order valence-electron chi connectivity index (χ0n) is 14.4. The van der Waals surface area contributed by atoms with Crippen molar-refractivity contribution in [2.75, 3.05) is 0 Å². The Balaban J connectivity index is 1.87. The van der Waals surface area contributed by atoms with Crippen molar-refractivity contribution in [3.63, 3.8) is 0 Å². The first-order valence-electron chi connectivity index (χ1n) is 8.64. The van der Waals surface area contributed by atoms with Crippen molar-refractivity contribution in [3.05, 3.63) is 77.4 Å². The number of hydrogen-bond donors (Lipinski definition) is 1. The van der Waals surface area contributed by atoms with Crippen LogP contribution in [-0.2, 0) is 13.0 Å². The number of hydrogen-bond acceptors (Lipinski definition) is 2. The molecule has 3 aromatic rings. The molecule has 25 heavy (non-hydrogen) atoms. The van der Waals surface area contributed by atoms with Crippen LogP contribution in [-0.4, -0.2) is 11.1 Å². The van der Waals surface area contributed by atoms with Crippen molar-refractivity contribution < 1.29 is 14.6 Å². The molecular weight excluding hydrogens is 312 g/mol. The van der Waals surface area contributed by atoms with Gasteiger partial charge in [-0.2, -0.15) is 0 Å². The van der Waals surface area contributed by atoms with Crippen molar-refractivity contribution in [2.45, 2.75) is 32.8 Å². The third kappa shape index (κ3) is 4.00. The molecule has 0 aliphatic rings. The third-order valence-electron chi connectivity index (χ3n) is 4.36. The molecule has 0 saturated carbocycles. The molecule has 0 bridgehead atoms. The van der Waals surface area contributed by atoms with Crippen LogP contribution in [0.3, 0.4) is 0 Å². The van der Waals surface area contributed by atoms with Crippen LogP contribution in [0, 0.1) is 0 Å². The highest BCUT2D eigenvalue weighted by Gasteiger charge is 2.13. The highest BCUT2D eigenvalue weighted by Crippen LogP contribution is 2.25. The van der Waals surface area contributed by atoms with Gasteiger partial charge in [-0.05, 0) is 46.9 Å². The Labute approximate surface area is 147 Å². The molecule has 3 heteroatoms. The quantitative estimate of drug-likeness (QED) is 0.624. The van der Waals surface area contributed by atoms with Gasteiger partial charge >= 0.3 is 5.97 Å². The maximum Gasteiger partial charge on any atom is 0.339 e. The number of aromatic carboxylic acids is 1. The Morgan fingerprint density at radius 2 is 1.84 bits per heavy atom. The van der Waals surface area contributed by atoms with Crippen LogP contribution in [0.25, 0.3) is 10.8 Å². The predicted octanol–water partition coefficient (Wildman–Crippen LogP) is 5.46. The monoisotopic (exact) mass is 334 g/mol. The van der Waals surface area contributed by atoms with Gasteiger partial charge in [0.25, 0.3) is 0 Å². The molecule has 0 aliphatic heterocycles. The zero-order chi connectivity index (χ0) is 17.6. The molecule has 0 atom stereocenters. The van der Waals surface area contributed by atoms with Gasteiger partial charge in [-0.25, -0.2) is 4.79 Å². The summed E-state index contributed by atoms with van der Waals surface area (Å²) in [5, 5.41) is 11.7. The topological polar surface area (TPSA) is 46.5 Å². The smallest absolute Gasteiger partial charge is 0.339 e. The van der Waals surface area contributed by atoms with E-state index in [1.54, 1.807) is 6.07 Å². The lowest BCUT2D eigenvalue weighted by atomic mass is 10.0. The summed E-state index contributed by atoms with van der Waals surface area (Å²) in [6.07, 6.45) is 3.11. The van der Waals surface area contributed by atoms with Gasteiger partial charge in [0, 0.05) is 0 Å². The minimum Gasteiger partial charge on any atom is -0.488 e. The van der Waals surface area contributed by atoms with E-state index in [0.717, 1.165) is 41.2 Å². The first kappa shape index (κ1) is 17.0. The molecule has 0 spiro atoms. The largest absolute Gasteiger partial charge is 0.488 e. The number of carboxylic acids is 1. The highest BCUT2D eigenvalue weighted by atomic mass is 16.5. The van der Waals surface area contributed by atoms with Crippen LogP contribution in [0.5, 0.6) is 5.75 Å². The van der Waals surface area contributed by atoms with Crippen LogP contribution in [0.1, 0.15) is 41.3 Å². The number of aryl methyl sites for hydroxylation is 1. The minimum atomic E-state index is -0.963. The summed E-state index contributed by atoms with van der Waals surface area (Å²) in [6.45, 7) is 2.49. The predicted molar refractivity (Wildman–Crippen MR) is 100 cm³/mol. The van der Waals surface area contributed by atoms with E-state index >= 15 is 0 Å². The summed E-state index contributed by atoms with van der Waals surface area (Å²) < 4.78 is 5.93. The molecule has 0 radical (unpaired) electrons. The number of rotatable bonds is 7. The molecule has 3 nitrogen and oxygen atoms in total. The molecule has 0 heterocycles. The lowest BCUT2D eigenvalue weighted by Gasteiger charge is -2.13. The van der Waals surface area contributed by atoms with Gasteiger partial charge in [0.05, 0.1) is 0 Å². The van der Waals surface area contributed by atoms with E-state index in [4.69, 9.17) is 4.74 Å². The molecule has 128 valence electrons. The highest BCUT2D eigenvalue weighted by molar-refractivity contribution is 5.91. The van der Waals surface area contributed by atoms with E-state index < -0.39 is 5.97 Å². The van der Waals surface area contributed by atoms with Gasteiger partial charge in [-0.1, -0.05) is 61.9 Å². The Hall–Kier alpha value is -2.81. The maximum absolute atomic E-state index is 11.5. The molecule has 0 unspecified atom stereocenters. The number of carbonyl (C=O) groups is 1. The van der Waals surface area contributed by atoms with E-state index in [1.807, 2.05) is 36.4 Å². The standard InChI is InChI=1S/C22H22O3/c1-2-3-7-16-12-13-20(22(23)24)21(14-16)25-15-18-10-6-9-17-8-4-5-11-19(17)18/h4-6,8-14H,2-3,7,15H2,1H3,(H,23,24). The van der Waals surface area contributed by atoms with Gasteiger partial charge in [0.1, 0.15) is 17.9 Å². The second-order valence-electron chi connectivity index (χ2n) is 6.17. The van der Waals surface area contributed by atoms with E-state index in [0.29, 0.717) is 12.4 Å². The molecule has 0 saturated heterocycles. The van der Waals surface area contributed by atoms with Crippen LogP contribution >= 0.6 is 0 Å². The number of ether oxygens (including phenoxy) is 1. The van der Waals surface area contributed by atoms with E-state index in [2.05, 4.69) is 25.1 Å². The number of fused-ring (bicyclic) bond motifs is 1. The summed E-state index contributed by atoms with van der Waals surface area (Å²) in [6, 6.07) is 19.6. The van der Waals surface area contributed by atoms with E-state index in [1.165, 1.54) is 0 Å². The first-order chi connectivity index (χ1) is 12.2. The Kier molecular flexibility index (Phi) is 5.34. The first-order valence-corrected chi connectivity index (χ1v) is 8.64. The van der Waals surface area contributed by atoms with Crippen molar-refractivity contribution in [1.82, 2.24) is 0 Å². The SMILES string of the molecule is CCCCc1ccc(C(=O)O)c(OCc2cccc3ccccc23)c1. The lowest BCUT2D eigenvalue weighted by molar-refractivity contribution is 0.0692. The zero-order valence-corrected chi connectivity index (χ0v) is 14.4. The summed E-state index contributed by atoms with van der Waals surface area (Å²) in [5.74, 6) is -0.524. The van der Waals surface area contributed by atoms with E-state index in [9.17, 15) is 9.90 Å². The van der Waals surface area contributed by atoms with Crippen molar-refractivity contribution in [2.24, 2.45) is 0 Å². The molecule has 0 fully saturated rings. The van der Waals surface area contributed by atoms with Gasteiger partial charge in [0.15, 0.2) is 0 Å². The van der Waals surface area contributed by atoms with Gasteiger partial charge in [-0.15, -0.1) is 0 Å². The van der Waals surface area contributed by atoms with Crippen LogP contribution < -0.4 is 4.74 Å². The van der Waals surface area contributed by atoms with Crippen LogP contribution in [0.15, 0.2) is 60.7 Å². The summed E-state index contributed by atoms with van der Waals surface area (Å²) in [4.78, 5) is 11.5. The van der Waals surface area contributed by atoms with Gasteiger partial charge in [0.2, 0.25) is 0 Å². The molecule has 1 N–H and O–H groups in total. The molecule has 3 aromatic carbocycles. The number of carboxylic acid groups (broad SMARTS) is 1. The molecule has 3 rings (SSSR count). The summed E-state index contributed by atoms with van der Waals surface area (Å²) in [7, 11) is 0. The maximum atomic E-state index is 11.5. The van der Waals surface area contributed by atoms with Crippen LogP contribution in [0.2, 0.25) is 0 Å². The molecule has 0 aliphatic carbocycles. The average molecular weight is 334 g/mol. The molecular formula is C22H22O3. The van der Waals surface area contributed by atoms with Crippen LogP contribution in [0.4, 0.5) is 0 Å². The third-order valence-corrected chi connectivity index (χ3v) is 4.36. The fourth-order valence-corrected chi connectivity index (χ4v) is 2.97. The summed E-state index contributed by atoms with van der Waals surface area (Å²) >= 11 is 0. The summed E-state index contributed by atoms with van der Waals surface area (Å²) in [5.41, 5.74) is 2.37. The van der Waals surface area contributed by atoms with Gasteiger partial charge < -0.3 is 9.84 Å². The molecule has 0 aromatic heterocycles. The Morgan fingerprint density at radius 3 is 2.64 bits per heavy atom. The molecule has 0 amide bonds. The van der Waals surface area contributed by atoms with Gasteiger partial charge in [-0.3, -0.25) is 0 Å². The van der Waals surface area contributed by atoms with Crippen molar-refractivity contribution in [1.29, 1.82) is 0 Å². The Bertz CT molecular complexity index is 878. The normalized spacial score (nSPS) is 10.8.